The van der Waals surface area contributed by atoms with Crippen molar-refractivity contribution in [1.29, 1.82) is 0 Å². The van der Waals surface area contributed by atoms with E-state index in [0.29, 0.717) is 29.4 Å². The Morgan fingerprint density at radius 3 is 2.88 bits per heavy atom. The summed E-state index contributed by atoms with van der Waals surface area (Å²) in [7, 11) is -1.60. The van der Waals surface area contributed by atoms with Crippen LogP contribution in [-0.4, -0.2) is 34.4 Å². The van der Waals surface area contributed by atoms with Crippen molar-refractivity contribution in [3.8, 4) is 5.75 Å². The molecule has 0 spiro atoms. The van der Waals surface area contributed by atoms with Crippen molar-refractivity contribution < 1.29 is 13.2 Å². The predicted molar refractivity (Wildman–Crippen MR) is 67.4 cm³/mol. The summed E-state index contributed by atoms with van der Waals surface area (Å²) in [5, 5.41) is 3.02. The van der Waals surface area contributed by atoms with Crippen molar-refractivity contribution in [3.05, 3.63) is 28.8 Å². The third-order valence-electron chi connectivity index (χ3n) is 2.87. The number of sulfone groups is 1. The van der Waals surface area contributed by atoms with Gasteiger partial charge in [0.2, 0.25) is 0 Å². The molecule has 1 saturated heterocycles. The Hall–Kier alpha value is -0.780. The van der Waals surface area contributed by atoms with Crippen LogP contribution < -0.4 is 10.1 Å². The van der Waals surface area contributed by atoms with Crippen molar-refractivity contribution in [3.63, 3.8) is 0 Å². The summed E-state index contributed by atoms with van der Waals surface area (Å²) in [5.41, 5.74) is 0.632. The van der Waals surface area contributed by atoms with Crippen molar-refractivity contribution >= 4 is 21.4 Å². The lowest BCUT2D eigenvalue weighted by Crippen LogP contribution is -2.38. The molecule has 1 N–H and O–H groups in total. The van der Waals surface area contributed by atoms with Gasteiger partial charge in [-0.1, -0.05) is 11.6 Å². The topological polar surface area (TPSA) is 55.4 Å². The molecule has 1 fully saturated rings. The first kappa shape index (κ1) is 12.7. The van der Waals surface area contributed by atoms with Crippen molar-refractivity contribution in [2.75, 3.05) is 26.0 Å². The van der Waals surface area contributed by atoms with Gasteiger partial charge in [-0.25, -0.2) is 8.42 Å². The smallest absolute Gasteiger partial charge is 0.159 e. The lowest BCUT2D eigenvalue weighted by atomic mass is 10.1. The summed E-state index contributed by atoms with van der Waals surface area (Å²) in [6.45, 7) is 0.904. The highest BCUT2D eigenvalue weighted by atomic mass is 35.5. The van der Waals surface area contributed by atoms with Crippen LogP contribution in [0.3, 0.4) is 0 Å². The van der Waals surface area contributed by atoms with Gasteiger partial charge >= 0.3 is 0 Å². The Bertz CT molecular complexity index is 515. The Balaban J connectivity index is 2.48. The number of rotatable bonds is 2. The van der Waals surface area contributed by atoms with Gasteiger partial charge < -0.3 is 10.1 Å². The van der Waals surface area contributed by atoms with E-state index in [-0.39, 0.29) is 5.75 Å². The number of nitrogens with one attached hydrogen (secondary N) is 1. The van der Waals surface area contributed by atoms with Gasteiger partial charge in [0.05, 0.1) is 12.9 Å². The first-order valence-electron chi connectivity index (χ1n) is 5.30. The number of benzene rings is 1. The minimum atomic E-state index is -3.13. The van der Waals surface area contributed by atoms with Crippen LogP contribution in [0.5, 0.6) is 5.75 Å². The normalized spacial score (nSPS) is 23.3. The molecule has 0 saturated carbocycles. The molecule has 4 nitrogen and oxygen atoms in total. The van der Waals surface area contributed by atoms with Gasteiger partial charge in [-0.3, -0.25) is 0 Å². The molecule has 0 radical (unpaired) electrons. The van der Waals surface area contributed by atoms with E-state index in [9.17, 15) is 8.42 Å². The van der Waals surface area contributed by atoms with Crippen LogP contribution in [0, 0.1) is 0 Å². The molecule has 0 amide bonds. The quantitative estimate of drug-likeness (QED) is 0.887. The molecule has 2 rings (SSSR count). The molecule has 0 bridgehead atoms. The SMILES string of the molecule is COc1ccc(Cl)cc1C1CNCCS1(=O)=O. The van der Waals surface area contributed by atoms with Gasteiger partial charge in [-0.2, -0.15) is 0 Å². The van der Waals surface area contributed by atoms with Gasteiger partial charge in [0.1, 0.15) is 11.0 Å². The highest BCUT2D eigenvalue weighted by molar-refractivity contribution is 7.91. The molecule has 1 atom stereocenters. The summed E-state index contributed by atoms with van der Waals surface area (Å²) < 4.78 is 29.2. The monoisotopic (exact) mass is 275 g/mol. The minimum Gasteiger partial charge on any atom is -0.496 e. The van der Waals surface area contributed by atoms with E-state index < -0.39 is 15.1 Å². The third-order valence-corrected chi connectivity index (χ3v) is 5.16. The second kappa shape index (κ2) is 4.84. The zero-order chi connectivity index (χ0) is 12.5. The van der Waals surface area contributed by atoms with E-state index in [4.69, 9.17) is 16.3 Å². The van der Waals surface area contributed by atoms with Gasteiger partial charge in [0, 0.05) is 23.7 Å². The van der Waals surface area contributed by atoms with Crippen LogP contribution in [0.15, 0.2) is 18.2 Å². The van der Waals surface area contributed by atoms with E-state index in [1.54, 1.807) is 18.2 Å². The number of methoxy groups -OCH3 is 1. The zero-order valence-corrected chi connectivity index (χ0v) is 11.0. The number of halogens is 1. The number of ether oxygens (including phenoxy) is 1. The fourth-order valence-electron chi connectivity index (χ4n) is 1.98. The second-order valence-electron chi connectivity index (χ2n) is 3.95. The van der Waals surface area contributed by atoms with Crippen LogP contribution in [0.2, 0.25) is 5.02 Å². The van der Waals surface area contributed by atoms with E-state index in [1.165, 1.54) is 7.11 Å². The average molecular weight is 276 g/mol. The first-order valence-corrected chi connectivity index (χ1v) is 7.39. The number of hydrogen-bond acceptors (Lipinski definition) is 4. The van der Waals surface area contributed by atoms with E-state index in [2.05, 4.69) is 5.32 Å². The highest BCUT2D eigenvalue weighted by Crippen LogP contribution is 2.33. The van der Waals surface area contributed by atoms with Gasteiger partial charge in [-0.05, 0) is 18.2 Å². The summed E-state index contributed by atoms with van der Waals surface area (Å²) in [5.74, 6) is 0.708. The van der Waals surface area contributed by atoms with E-state index >= 15 is 0 Å². The molecule has 6 heteroatoms. The van der Waals surface area contributed by atoms with Crippen molar-refractivity contribution in [2.45, 2.75) is 5.25 Å². The Labute approximate surface area is 106 Å². The molecule has 17 heavy (non-hydrogen) atoms. The molecule has 1 aromatic carbocycles. The van der Waals surface area contributed by atoms with Crippen LogP contribution in [-0.2, 0) is 9.84 Å². The number of hydrogen-bond donors (Lipinski definition) is 1. The van der Waals surface area contributed by atoms with E-state index in [0.717, 1.165) is 0 Å². The van der Waals surface area contributed by atoms with E-state index in [1.807, 2.05) is 0 Å². The summed E-state index contributed by atoms with van der Waals surface area (Å²) in [4.78, 5) is 0. The fraction of sp³-hybridized carbons (Fsp3) is 0.455. The largest absolute Gasteiger partial charge is 0.496 e. The third kappa shape index (κ3) is 2.56. The molecule has 1 aromatic rings. The summed E-state index contributed by atoms with van der Waals surface area (Å²) >= 11 is 5.92. The second-order valence-corrected chi connectivity index (χ2v) is 6.69. The Kier molecular flexibility index (Phi) is 3.61. The van der Waals surface area contributed by atoms with Gasteiger partial charge in [0.25, 0.3) is 0 Å². The lowest BCUT2D eigenvalue weighted by molar-refractivity contribution is 0.407. The van der Waals surface area contributed by atoms with Crippen LogP contribution >= 0.6 is 11.6 Å². The minimum absolute atomic E-state index is 0.146. The van der Waals surface area contributed by atoms with Crippen LogP contribution in [0.4, 0.5) is 0 Å². The first-order chi connectivity index (χ1) is 8.04. The van der Waals surface area contributed by atoms with Crippen LogP contribution in [0.25, 0.3) is 0 Å². The van der Waals surface area contributed by atoms with Crippen molar-refractivity contribution in [2.24, 2.45) is 0 Å². The lowest BCUT2D eigenvalue weighted by Gasteiger charge is -2.25. The van der Waals surface area contributed by atoms with Crippen LogP contribution in [0.1, 0.15) is 10.8 Å². The maximum atomic E-state index is 12.0. The standard InChI is InChI=1S/C11H14ClNO3S/c1-16-10-3-2-8(12)6-9(10)11-7-13-4-5-17(11,14)15/h2-3,6,11,13H,4-5,7H2,1H3. The Morgan fingerprint density at radius 2 is 2.24 bits per heavy atom. The molecular weight excluding hydrogens is 262 g/mol. The highest BCUT2D eigenvalue weighted by Gasteiger charge is 2.32. The van der Waals surface area contributed by atoms with Gasteiger partial charge in [0.15, 0.2) is 9.84 Å². The van der Waals surface area contributed by atoms with Crippen molar-refractivity contribution in [1.82, 2.24) is 5.32 Å². The fourth-order valence-corrected chi connectivity index (χ4v) is 3.81. The maximum absolute atomic E-state index is 12.0. The predicted octanol–water partition coefficient (Wildman–Crippen LogP) is 1.41. The molecule has 0 aromatic heterocycles. The molecule has 1 unspecified atom stereocenters. The molecule has 1 aliphatic heterocycles. The molecule has 0 aliphatic carbocycles. The molecule has 1 aliphatic rings. The van der Waals surface area contributed by atoms with Gasteiger partial charge in [-0.15, -0.1) is 0 Å². The summed E-state index contributed by atoms with van der Waals surface area (Å²) in [6.07, 6.45) is 0. The molecule has 1 heterocycles. The average Bonchev–Trinajstić information content (AvgIpc) is 2.28. The molecular formula is C11H14ClNO3S. The summed E-state index contributed by atoms with van der Waals surface area (Å²) in [6, 6.07) is 5.05. The molecule has 94 valence electrons. The zero-order valence-electron chi connectivity index (χ0n) is 9.44. The Morgan fingerprint density at radius 1 is 1.47 bits per heavy atom. The maximum Gasteiger partial charge on any atom is 0.159 e.